The quantitative estimate of drug-likeness (QED) is 0.924. The standard InChI is InChI=1S/C16H19ClN2O3/c17-14-6-18-11(4-13(14)9-1-2-9)8-22-15-5-12-3-10(15)7-19(12)16(20)21/h4,6,9-10,12,15H,1-3,5,7-8H2,(H,20,21)/t10-,12-,15+/m1/s1. The lowest BCUT2D eigenvalue weighted by Crippen LogP contribution is -2.41. The van der Waals surface area contributed by atoms with Crippen LogP contribution in [-0.4, -0.2) is 39.8 Å². The summed E-state index contributed by atoms with van der Waals surface area (Å²) in [4.78, 5) is 17.0. The molecule has 1 aliphatic heterocycles. The van der Waals surface area contributed by atoms with E-state index in [2.05, 4.69) is 11.1 Å². The second-order valence-corrected chi connectivity index (χ2v) is 7.05. The molecule has 0 spiro atoms. The number of likely N-dealkylation sites (tertiary alicyclic amines) is 1. The van der Waals surface area contributed by atoms with Gasteiger partial charge in [-0.1, -0.05) is 11.6 Å². The van der Waals surface area contributed by atoms with Gasteiger partial charge in [-0.15, -0.1) is 0 Å². The van der Waals surface area contributed by atoms with Crippen LogP contribution in [0.5, 0.6) is 0 Å². The van der Waals surface area contributed by atoms with Crippen molar-refractivity contribution in [3.8, 4) is 0 Å². The molecule has 0 radical (unpaired) electrons. The SMILES string of the molecule is O=C(O)N1C[C@H]2C[C@@H]1C[C@@H]2OCc1cc(C2CC2)c(Cl)cn1. The Morgan fingerprint density at radius 1 is 1.45 bits per heavy atom. The number of hydrogen-bond donors (Lipinski definition) is 1. The van der Waals surface area contributed by atoms with E-state index in [4.69, 9.17) is 21.4 Å². The van der Waals surface area contributed by atoms with Gasteiger partial charge in [0.15, 0.2) is 0 Å². The molecule has 3 atom stereocenters. The van der Waals surface area contributed by atoms with Crippen molar-refractivity contribution < 1.29 is 14.6 Å². The second kappa shape index (κ2) is 5.39. The molecular formula is C16H19ClN2O3. The van der Waals surface area contributed by atoms with E-state index >= 15 is 0 Å². The van der Waals surface area contributed by atoms with Gasteiger partial charge >= 0.3 is 6.09 Å². The minimum absolute atomic E-state index is 0.132. The van der Waals surface area contributed by atoms with Crippen LogP contribution in [0.1, 0.15) is 42.9 Å². The summed E-state index contributed by atoms with van der Waals surface area (Å²) in [7, 11) is 0. The zero-order chi connectivity index (χ0) is 15.3. The number of amides is 1. The Kier molecular flexibility index (Phi) is 3.50. The van der Waals surface area contributed by atoms with Gasteiger partial charge in [0.2, 0.25) is 0 Å². The third-order valence-electron chi connectivity index (χ3n) is 5.13. The lowest BCUT2D eigenvalue weighted by molar-refractivity contribution is -0.00886. The average molecular weight is 323 g/mol. The highest BCUT2D eigenvalue weighted by Crippen LogP contribution is 2.43. The van der Waals surface area contributed by atoms with Crippen LogP contribution in [0.3, 0.4) is 0 Å². The summed E-state index contributed by atoms with van der Waals surface area (Å²) in [5.74, 6) is 0.928. The van der Waals surface area contributed by atoms with Gasteiger partial charge in [0.25, 0.3) is 0 Å². The van der Waals surface area contributed by atoms with Crippen molar-refractivity contribution in [1.82, 2.24) is 9.88 Å². The third-order valence-corrected chi connectivity index (χ3v) is 5.44. The number of carbonyl (C=O) groups is 1. The molecule has 6 heteroatoms. The first-order valence-electron chi connectivity index (χ1n) is 7.87. The molecule has 1 amide bonds. The second-order valence-electron chi connectivity index (χ2n) is 6.64. The fourth-order valence-corrected chi connectivity index (χ4v) is 4.08. The van der Waals surface area contributed by atoms with E-state index in [1.807, 2.05) is 0 Å². The highest BCUT2D eigenvalue weighted by molar-refractivity contribution is 6.31. The summed E-state index contributed by atoms with van der Waals surface area (Å²) < 4.78 is 6.02. The van der Waals surface area contributed by atoms with E-state index in [9.17, 15) is 4.79 Å². The van der Waals surface area contributed by atoms with E-state index in [1.165, 1.54) is 18.4 Å². The maximum absolute atomic E-state index is 11.1. The number of carboxylic acid groups (broad SMARTS) is 1. The molecule has 1 aromatic heterocycles. The van der Waals surface area contributed by atoms with Crippen molar-refractivity contribution in [3.05, 3.63) is 28.5 Å². The minimum atomic E-state index is -0.806. The van der Waals surface area contributed by atoms with Gasteiger partial charge in [-0.05, 0) is 43.2 Å². The number of hydrogen-bond acceptors (Lipinski definition) is 3. The van der Waals surface area contributed by atoms with E-state index in [1.54, 1.807) is 11.1 Å². The predicted molar refractivity (Wildman–Crippen MR) is 81.0 cm³/mol. The first-order valence-corrected chi connectivity index (χ1v) is 8.25. The lowest BCUT2D eigenvalue weighted by atomic mass is 10.1. The van der Waals surface area contributed by atoms with Crippen molar-refractivity contribution in [2.45, 2.75) is 50.4 Å². The van der Waals surface area contributed by atoms with Gasteiger partial charge in [0.1, 0.15) is 0 Å². The molecule has 1 aromatic rings. The smallest absolute Gasteiger partial charge is 0.407 e. The average Bonchev–Trinajstić information content (AvgIpc) is 3.15. The number of rotatable bonds is 4. The first kappa shape index (κ1) is 14.3. The number of piperidine rings is 1. The molecular weight excluding hydrogens is 304 g/mol. The maximum Gasteiger partial charge on any atom is 0.407 e. The summed E-state index contributed by atoms with van der Waals surface area (Å²) in [5, 5.41) is 9.86. The van der Waals surface area contributed by atoms with Gasteiger partial charge in [0, 0.05) is 24.7 Å². The van der Waals surface area contributed by atoms with Gasteiger partial charge in [-0.25, -0.2) is 4.79 Å². The van der Waals surface area contributed by atoms with Crippen molar-refractivity contribution in [1.29, 1.82) is 0 Å². The van der Waals surface area contributed by atoms with Gasteiger partial charge in [0.05, 0.1) is 23.4 Å². The Bertz CT molecular complexity index is 605. The van der Waals surface area contributed by atoms with Crippen LogP contribution in [-0.2, 0) is 11.3 Å². The topological polar surface area (TPSA) is 62.7 Å². The van der Waals surface area contributed by atoms with Crippen LogP contribution in [0.4, 0.5) is 4.79 Å². The molecule has 0 aromatic carbocycles. The van der Waals surface area contributed by atoms with E-state index in [0.29, 0.717) is 25.0 Å². The number of aromatic nitrogens is 1. The molecule has 1 N–H and O–H groups in total. The van der Waals surface area contributed by atoms with Gasteiger partial charge < -0.3 is 14.7 Å². The third kappa shape index (κ3) is 2.57. The van der Waals surface area contributed by atoms with E-state index < -0.39 is 6.09 Å². The fraction of sp³-hybridized carbons (Fsp3) is 0.625. The Labute approximate surface area is 134 Å². The molecule has 3 aliphatic rings. The van der Waals surface area contributed by atoms with Crippen molar-refractivity contribution in [2.24, 2.45) is 5.92 Å². The summed E-state index contributed by atoms with van der Waals surface area (Å²) in [6.07, 6.45) is 5.23. The van der Waals surface area contributed by atoms with Crippen LogP contribution in [0.25, 0.3) is 0 Å². The largest absolute Gasteiger partial charge is 0.465 e. The molecule has 2 heterocycles. The molecule has 118 valence electrons. The number of nitrogens with zero attached hydrogens (tertiary/aromatic N) is 2. The summed E-state index contributed by atoms with van der Waals surface area (Å²) in [6, 6.07) is 2.20. The molecule has 1 saturated heterocycles. The molecule has 2 saturated carbocycles. The van der Waals surface area contributed by atoms with Gasteiger partial charge in [-0.2, -0.15) is 0 Å². The van der Waals surface area contributed by atoms with Crippen LogP contribution < -0.4 is 0 Å². The summed E-state index contributed by atoms with van der Waals surface area (Å²) in [5.41, 5.74) is 2.12. The number of ether oxygens (including phenoxy) is 1. The number of pyridine rings is 1. The first-order chi connectivity index (χ1) is 10.6. The Hall–Kier alpha value is -1.33. The monoisotopic (exact) mass is 322 g/mol. The Balaban J connectivity index is 1.36. The number of halogens is 1. The highest BCUT2D eigenvalue weighted by Gasteiger charge is 2.47. The maximum atomic E-state index is 11.1. The van der Waals surface area contributed by atoms with Gasteiger partial charge in [-0.3, -0.25) is 4.98 Å². The Morgan fingerprint density at radius 3 is 2.91 bits per heavy atom. The normalized spacial score (nSPS) is 30.0. The van der Waals surface area contributed by atoms with Crippen molar-refractivity contribution >= 4 is 17.7 Å². The molecule has 2 bridgehead atoms. The van der Waals surface area contributed by atoms with E-state index in [-0.39, 0.29) is 12.1 Å². The molecule has 5 nitrogen and oxygen atoms in total. The van der Waals surface area contributed by atoms with Crippen LogP contribution >= 0.6 is 11.6 Å². The fourth-order valence-electron chi connectivity index (χ4n) is 3.82. The van der Waals surface area contributed by atoms with E-state index in [0.717, 1.165) is 23.6 Å². The summed E-state index contributed by atoms with van der Waals surface area (Å²) >= 11 is 6.19. The van der Waals surface area contributed by atoms with Crippen LogP contribution in [0.2, 0.25) is 5.02 Å². The highest BCUT2D eigenvalue weighted by atomic mass is 35.5. The molecule has 22 heavy (non-hydrogen) atoms. The lowest BCUT2D eigenvalue weighted by Gasteiger charge is -2.29. The Morgan fingerprint density at radius 2 is 2.27 bits per heavy atom. The number of fused-ring (bicyclic) bond motifs is 2. The molecule has 0 unspecified atom stereocenters. The molecule has 4 rings (SSSR count). The van der Waals surface area contributed by atoms with Crippen molar-refractivity contribution in [3.63, 3.8) is 0 Å². The van der Waals surface area contributed by atoms with Crippen LogP contribution in [0, 0.1) is 5.92 Å². The summed E-state index contributed by atoms with van der Waals surface area (Å²) in [6.45, 7) is 1.09. The zero-order valence-corrected chi connectivity index (χ0v) is 13.0. The minimum Gasteiger partial charge on any atom is -0.465 e. The molecule has 2 aliphatic carbocycles. The van der Waals surface area contributed by atoms with Crippen LogP contribution in [0.15, 0.2) is 12.3 Å². The predicted octanol–water partition coefficient (Wildman–Crippen LogP) is 3.27. The van der Waals surface area contributed by atoms with Crippen molar-refractivity contribution in [2.75, 3.05) is 6.54 Å². The molecule has 3 fully saturated rings. The zero-order valence-electron chi connectivity index (χ0n) is 12.2.